The van der Waals surface area contributed by atoms with Crippen molar-refractivity contribution in [2.45, 2.75) is 33.1 Å². The average molecular weight is 175 g/mol. The third-order valence-corrected chi connectivity index (χ3v) is 1.87. The summed E-state index contributed by atoms with van der Waals surface area (Å²) in [7, 11) is 0. The lowest BCUT2D eigenvalue weighted by Gasteiger charge is -1.94. The highest BCUT2D eigenvalue weighted by Gasteiger charge is 2.13. The molecule has 3 heteroatoms. The molecule has 1 aromatic heterocycles. The fraction of sp³-hybridized carbons (Fsp3) is 0.500. The van der Waals surface area contributed by atoms with E-state index in [-0.39, 0.29) is 0 Å². The van der Waals surface area contributed by atoms with Crippen molar-refractivity contribution in [3.63, 3.8) is 0 Å². The zero-order chi connectivity index (χ0) is 9.68. The maximum absolute atomic E-state index is 8.52. The highest BCUT2D eigenvalue weighted by atomic mass is 14.8. The molecule has 0 saturated heterocycles. The number of aryl methyl sites for hydroxylation is 2. The summed E-state index contributed by atoms with van der Waals surface area (Å²) < 4.78 is 0. The Morgan fingerprint density at radius 2 is 2.00 bits per heavy atom. The molecular weight excluding hydrogens is 162 g/mol. The van der Waals surface area contributed by atoms with Crippen LogP contribution >= 0.6 is 0 Å². The Kier molecular flexibility index (Phi) is 3.39. The molecule has 0 atom stereocenters. The SMILES string of the molecule is CC.N#Cc1cnc2c(n1)CCC2. The molecule has 68 valence electrons. The predicted octanol–water partition coefficient (Wildman–Crippen LogP) is 1.86. The fourth-order valence-electron chi connectivity index (χ4n) is 1.34. The van der Waals surface area contributed by atoms with E-state index in [1.165, 1.54) is 0 Å². The Morgan fingerprint density at radius 1 is 1.31 bits per heavy atom. The maximum atomic E-state index is 8.52. The van der Waals surface area contributed by atoms with Gasteiger partial charge in [0, 0.05) is 0 Å². The highest BCUT2D eigenvalue weighted by Crippen LogP contribution is 2.16. The molecule has 0 unspecified atom stereocenters. The minimum atomic E-state index is 0.436. The molecule has 1 aromatic rings. The van der Waals surface area contributed by atoms with E-state index in [0.29, 0.717) is 5.69 Å². The van der Waals surface area contributed by atoms with E-state index in [9.17, 15) is 0 Å². The van der Waals surface area contributed by atoms with E-state index < -0.39 is 0 Å². The molecule has 0 fully saturated rings. The fourth-order valence-corrected chi connectivity index (χ4v) is 1.34. The molecule has 0 saturated carbocycles. The quantitative estimate of drug-likeness (QED) is 0.604. The summed E-state index contributed by atoms with van der Waals surface area (Å²) in [5.74, 6) is 0. The molecule has 1 aliphatic rings. The molecule has 0 radical (unpaired) electrons. The van der Waals surface area contributed by atoms with Gasteiger partial charge in [-0.2, -0.15) is 5.26 Å². The first-order valence-corrected chi connectivity index (χ1v) is 4.65. The first-order valence-electron chi connectivity index (χ1n) is 4.65. The number of hydrogen-bond donors (Lipinski definition) is 0. The summed E-state index contributed by atoms with van der Waals surface area (Å²) in [5, 5.41) is 8.52. The summed E-state index contributed by atoms with van der Waals surface area (Å²) in [6, 6.07) is 1.98. The van der Waals surface area contributed by atoms with Gasteiger partial charge in [0.05, 0.1) is 17.6 Å². The van der Waals surface area contributed by atoms with Gasteiger partial charge in [-0.1, -0.05) is 13.8 Å². The van der Waals surface area contributed by atoms with Crippen molar-refractivity contribution in [2.75, 3.05) is 0 Å². The second-order valence-corrected chi connectivity index (χ2v) is 2.61. The lowest BCUT2D eigenvalue weighted by molar-refractivity contribution is 0.893. The van der Waals surface area contributed by atoms with Gasteiger partial charge in [0.15, 0.2) is 5.69 Å². The zero-order valence-electron chi connectivity index (χ0n) is 8.04. The van der Waals surface area contributed by atoms with Gasteiger partial charge in [-0.25, -0.2) is 4.98 Å². The van der Waals surface area contributed by atoms with E-state index in [2.05, 4.69) is 9.97 Å². The molecule has 1 heterocycles. The van der Waals surface area contributed by atoms with E-state index in [4.69, 9.17) is 5.26 Å². The van der Waals surface area contributed by atoms with E-state index in [1.807, 2.05) is 19.9 Å². The molecule has 0 N–H and O–H groups in total. The van der Waals surface area contributed by atoms with Crippen molar-refractivity contribution in [3.05, 3.63) is 23.3 Å². The van der Waals surface area contributed by atoms with Crippen LogP contribution in [0.2, 0.25) is 0 Å². The van der Waals surface area contributed by atoms with Crippen LogP contribution in [-0.4, -0.2) is 9.97 Å². The molecule has 0 amide bonds. The largest absolute Gasteiger partial charge is 0.256 e. The molecule has 0 spiro atoms. The van der Waals surface area contributed by atoms with Crippen LogP contribution in [0, 0.1) is 11.3 Å². The number of nitriles is 1. The van der Waals surface area contributed by atoms with Crippen molar-refractivity contribution in [3.8, 4) is 6.07 Å². The standard InChI is InChI=1S/C8H7N3.C2H6/c9-4-6-5-10-7-2-1-3-8(7)11-6;1-2/h5H,1-3H2;1-2H3. The molecule has 13 heavy (non-hydrogen) atoms. The van der Waals surface area contributed by atoms with E-state index in [1.54, 1.807) is 6.20 Å². The normalized spacial score (nSPS) is 12.4. The van der Waals surface area contributed by atoms with Crippen LogP contribution in [0.5, 0.6) is 0 Å². The minimum Gasteiger partial charge on any atom is -0.256 e. The van der Waals surface area contributed by atoms with Gasteiger partial charge in [0.2, 0.25) is 0 Å². The monoisotopic (exact) mass is 175 g/mol. The van der Waals surface area contributed by atoms with Gasteiger partial charge in [0.25, 0.3) is 0 Å². The average Bonchev–Trinajstić information content (AvgIpc) is 2.67. The van der Waals surface area contributed by atoms with Gasteiger partial charge in [0.1, 0.15) is 6.07 Å². The smallest absolute Gasteiger partial charge is 0.159 e. The van der Waals surface area contributed by atoms with Gasteiger partial charge < -0.3 is 0 Å². The second-order valence-electron chi connectivity index (χ2n) is 2.61. The van der Waals surface area contributed by atoms with E-state index in [0.717, 1.165) is 30.7 Å². The number of fused-ring (bicyclic) bond motifs is 1. The highest BCUT2D eigenvalue weighted by molar-refractivity contribution is 5.24. The summed E-state index contributed by atoms with van der Waals surface area (Å²) in [4.78, 5) is 8.29. The van der Waals surface area contributed by atoms with Crippen LogP contribution in [-0.2, 0) is 12.8 Å². The number of nitrogens with zero attached hydrogens (tertiary/aromatic N) is 3. The van der Waals surface area contributed by atoms with Crippen molar-refractivity contribution in [2.24, 2.45) is 0 Å². The molecule has 2 rings (SSSR count). The summed E-state index contributed by atoms with van der Waals surface area (Å²) in [5.41, 5.74) is 2.53. The summed E-state index contributed by atoms with van der Waals surface area (Å²) in [6.45, 7) is 4.00. The lowest BCUT2D eigenvalue weighted by Crippen LogP contribution is -1.94. The molecule has 0 aliphatic heterocycles. The zero-order valence-corrected chi connectivity index (χ0v) is 8.04. The topological polar surface area (TPSA) is 49.6 Å². The Balaban J connectivity index is 0.000000396. The Labute approximate surface area is 78.5 Å². The van der Waals surface area contributed by atoms with Crippen molar-refractivity contribution >= 4 is 0 Å². The molecule has 0 bridgehead atoms. The maximum Gasteiger partial charge on any atom is 0.159 e. The Bertz CT molecular complexity index is 325. The number of hydrogen-bond acceptors (Lipinski definition) is 3. The van der Waals surface area contributed by atoms with Crippen molar-refractivity contribution in [1.82, 2.24) is 9.97 Å². The molecule has 1 aliphatic carbocycles. The van der Waals surface area contributed by atoms with Crippen molar-refractivity contribution < 1.29 is 0 Å². The van der Waals surface area contributed by atoms with Gasteiger partial charge >= 0.3 is 0 Å². The molecule has 0 aromatic carbocycles. The lowest BCUT2D eigenvalue weighted by atomic mass is 10.3. The predicted molar refractivity (Wildman–Crippen MR) is 50.1 cm³/mol. The number of aromatic nitrogens is 2. The van der Waals surface area contributed by atoms with Crippen LogP contribution in [0.4, 0.5) is 0 Å². The van der Waals surface area contributed by atoms with E-state index >= 15 is 0 Å². The third-order valence-electron chi connectivity index (χ3n) is 1.87. The first-order chi connectivity index (χ1) is 6.40. The van der Waals surface area contributed by atoms with Gasteiger partial charge in [-0.05, 0) is 19.3 Å². The first kappa shape index (κ1) is 9.66. The van der Waals surface area contributed by atoms with Crippen LogP contribution < -0.4 is 0 Å². The van der Waals surface area contributed by atoms with Gasteiger partial charge in [-0.15, -0.1) is 0 Å². The van der Waals surface area contributed by atoms with Crippen LogP contribution in [0.15, 0.2) is 6.20 Å². The van der Waals surface area contributed by atoms with Crippen LogP contribution in [0.25, 0.3) is 0 Å². The molecule has 3 nitrogen and oxygen atoms in total. The Morgan fingerprint density at radius 3 is 2.69 bits per heavy atom. The number of rotatable bonds is 0. The molecular formula is C10H13N3. The second kappa shape index (κ2) is 4.56. The van der Waals surface area contributed by atoms with Gasteiger partial charge in [-0.3, -0.25) is 4.98 Å². The Hall–Kier alpha value is -1.43. The third kappa shape index (κ3) is 2.03. The summed E-state index contributed by atoms with van der Waals surface area (Å²) >= 11 is 0. The van der Waals surface area contributed by atoms with Crippen LogP contribution in [0.3, 0.4) is 0 Å². The van der Waals surface area contributed by atoms with Crippen LogP contribution in [0.1, 0.15) is 37.4 Å². The van der Waals surface area contributed by atoms with Crippen molar-refractivity contribution in [1.29, 1.82) is 5.26 Å². The summed E-state index contributed by atoms with van der Waals surface area (Å²) in [6.07, 6.45) is 4.68. The minimum absolute atomic E-state index is 0.436.